The van der Waals surface area contributed by atoms with Crippen LogP contribution in [-0.2, 0) is 14.2 Å². The lowest BCUT2D eigenvalue weighted by Crippen LogP contribution is -2.82. The molecule has 15 aliphatic rings. The van der Waals surface area contributed by atoms with Crippen LogP contribution in [0.15, 0.2) is 34.9 Å². The molecule has 454 valence electrons. The van der Waals surface area contributed by atoms with E-state index in [1.807, 2.05) is 0 Å². The number of Topliss-reactive ketones (excluding diaryl/α,β-unsaturated/α-hetero) is 1. The lowest BCUT2D eigenvalue weighted by molar-refractivity contribution is -0.340. The van der Waals surface area contributed by atoms with Gasteiger partial charge in [0.1, 0.15) is 41.2 Å². The van der Waals surface area contributed by atoms with Crippen molar-refractivity contribution in [2.45, 2.75) is 248 Å². The standard InChI is InChI=1S/C69H90N2O13/c1-37-47(38(2)73)51(75)49-42(50(37)74)25-39(57(79)80)26-45(49)82-58-52(76)54(77)69-28-44-48-41(46(84-69)29-62(17-7-8-18-62)55(78)56(69)83-58)11-12-43(48)65(23-24-72)36-81-30-40-27-63-34-67(66(19-9-10-20-66)59(63)70-71-68(44,35-63)53(40)65)33-61(15-5-6-16-61)32-64(67)22-21-60(31-64)13-3-4-14-60/h12,25-26,40,44,46,52-56,58-59,70-72,74-78H,3-11,13-24,27-36H2,1-2H3,(H,79,80). The van der Waals surface area contributed by atoms with Gasteiger partial charge < -0.3 is 54.7 Å². The van der Waals surface area contributed by atoms with E-state index in [0.717, 1.165) is 25.7 Å². The van der Waals surface area contributed by atoms with Crippen molar-refractivity contribution in [2.24, 2.45) is 61.1 Å². The summed E-state index contributed by atoms with van der Waals surface area (Å²) in [6, 6.07) is 2.64. The second-order valence-corrected chi connectivity index (χ2v) is 31.9. The number of aliphatic hydroxyl groups excluding tert-OH is 4. The Bertz CT molecular complexity index is 3230. The van der Waals surface area contributed by atoms with Crippen molar-refractivity contribution >= 4 is 22.5 Å². The number of ether oxygens (including phenoxy) is 4. The fourth-order valence-corrected chi connectivity index (χ4v) is 26.6. The van der Waals surface area contributed by atoms with E-state index >= 15 is 0 Å². The highest BCUT2D eigenvalue weighted by molar-refractivity contribution is 6.11. The smallest absolute Gasteiger partial charge is 0.335 e. The highest BCUT2D eigenvalue weighted by Crippen LogP contribution is 2.88. The predicted molar refractivity (Wildman–Crippen MR) is 309 cm³/mol. The van der Waals surface area contributed by atoms with E-state index in [4.69, 9.17) is 18.9 Å². The summed E-state index contributed by atoms with van der Waals surface area (Å²) in [4.78, 5) is 25.9. The quantitative estimate of drug-likeness (QED) is 0.0967. The maximum atomic E-state index is 13.6. The van der Waals surface area contributed by atoms with Crippen LogP contribution in [0.3, 0.4) is 0 Å². The monoisotopic (exact) mass is 1150 g/mol. The number of carboxylic acids is 1. The third-order valence-corrected chi connectivity index (χ3v) is 28.8. The normalized spacial score (nSPS) is 45.4. The number of phenolic OH excluding ortho intramolecular Hbond substituents is 2. The highest BCUT2D eigenvalue weighted by Gasteiger charge is 2.85. The van der Waals surface area contributed by atoms with Gasteiger partial charge in [-0.05, 0) is 215 Å². The molecule has 9 spiro atoms. The first-order valence-electron chi connectivity index (χ1n) is 33.3. The number of benzene rings is 2. The topological polar surface area (TPSA) is 237 Å². The predicted octanol–water partition coefficient (Wildman–Crippen LogP) is 10.1. The molecule has 2 aromatic carbocycles. The van der Waals surface area contributed by atoms with Crippen LogP contribution in [-0.4, -0.2) is 121 Å². The lowest BCUT2D eigenvalue weighted by Gasteiger charge is -2.72. The maximum absolute atomic E-state index is 13.6. The average Bonchev–Trinajstić information content (AvgIpc) is 1.42. The number of aromatic hydroxyl groups is 2. The minimum atomic E-state index is -1.83. The molecular formula is C69H90N2O13. The van der Waals surface area contributed by atoms with E-state index in [0.29, 0.717) is 61.6 Å². The fraction of sp³-hybridized carbons (Fsp3) is 0.768. The van der Waals surface area contributed by atoms with Crippen molar-refractivity contribution in [3.8, 4) is 17.2 Å². The Balaban J connectivity index is 0.827. The first-order chi connectivity index (χ1) is 40.3. The molecule has 10 aliphatic carbocycles. The minimum Gasteiger partial charge on any atom is -0.507 e. The minimum absolute atomic E-state index is 0.0200. The molecule has 0 amide bonds. The van der Waals surface area contributed by atoms with Crippen LogP contribution in [0.4, 0.5) is 0 Å². The van der Waals surface area contributed by atoms with Gasteiger partial charge in [0.2, 0.25) is 6.29 Å². The van der Waals surface area contributed by atoms with Gasteiger partial charge in [-0.2, -0.15) is 0 Å². The molecule has 16 unspecified atom stereocenters. The first-order valence-corrected chi connectivity index (χ1v) is 33.3. The van der Waals surface area contributed by atoms with Crippen LogP contribution in [0.1, 0.15) is 213 Å². The van der Waals surface area contributed by atoms with Gasteiger partial charge in [0, 0.05) is 52.5 Å². The Morgan fingerprint density at radius 3 is 2.23 bits per heavy atom. The van der Waals surface area contributed by atoms with Crippen LogP contribution >= 0.6 is 0 Å². The summed E-state index contributed by atoms with van der Waals surface area (Å²) in [7, 11) is 0. The average molecular weight is 1160 g/mol. The molecule has 13 fully saturated rings. The second kappa shape index (κ2) is 17.8. The van der Waals surface area contributed by atoms with Crippen LogP contribution in [0.5, 0.6) is 17.2 Å². The van der Waals surface area contributed by atoms with Gasteiger partial charge in [-0.3, -0.25) is 15.6 Å². The van der Waals surface area contributed by atoms with E-state index < -0.39 is 82.0 Å². The number of aliphatic hydroxyl groups is 4. The molecule has 16 atom stereocenters. The molecule has 4 bridgehead atoms. The molecule has 84 heavy (non-hydrogen) atoms. The molecule has 0 aromatic heterocycles. The van der Waals surface area contributed by atoms with Gasteiger partial charge in [-0.1, -0.05) is 57.4 Å². The first kappa shape index (κ1) is 54.5. The summed E-state index contributed by atoms with van der Waals surface area (Å²) in [5, 5.41) is 85.3. The zero-order valence-corrected chi connectivity index (χ0v) is 49.5. The summed E-state index contributed by atoms with van der Waals surface area (Å²) in [6.07, 6.45) is 25.6. The number of rotatable bonds is 6. The van der Waals surface area contributed by atoms with E-state index in [1.54, 1.807) is 0 Å². The SMILES string of the molecule is CC(=O)c1c(C)c(O)c2cc(C(=O)O)cc(OC3OC4C(O)C5(CCCC5)CC5OC4(CC4C6=C5CC=C6C5(CCO)COCC6CC78CC4(NNC7C4(CCCC4)C4(CC7(CCCC7)CC47CCC4(CCCC4)C7)C8)C65)C(O)C3O)c2c1O. The number of carbonyl (C=O) groups excluding carboxylic acids is 1. The molecule has 0 radical (unpaired) electrons. The van der Waals surface area contributed by atoms with Gasteiger partial charge in [0.15, 0.2) is 5.78 Å². The van der Waals surface area contributed by atoms with Crippen LogP contribution in [0.25, 0.3) is 10.8 Å². The third kappa shape index (κ3) is 6.56. The van der Waals surface area contributed by atoms with Crippen LogP contribution in [0, 0.1) is 68.0 Å². The Morgan fingerprint density at radius 2 is 1.50 bits per heavy atom. The molecular weight excluding hydrogens is 1060 g/mol. The van der Waals surface area contributed by atoms with Crippen molar-refractivity contribution in [1.29, 1.82) is 0 Å². The molecule has 5 aliphatic heterocycles. The van der Waals surface area contributed by atoms with Gasteiger partial charge in [-0.15, -0.1) is 0 Å². The van der Waals surface area contributed by atoms with Gasteiger partial charge >= 0.3 is 5.97 Å². The Morgan fingerprint density at radius 1 is 0.786 bits per heavy atom. The number of phenols is 2. The van der Waals surface area contributed by atoms with E-state index in [2.05, 4.69) is 16.9 Å². The number of hydrogen-bond donors (Lipinski definition) is 9. The number of aromatic carboxylic acids is 1. The van der Waals surface area contributed by atoms with Crippen molar-refractivity contribution in [1.82, 2.24) is 10.9 Å². The number of fused-ring (bicyclic) bond motifs is 7. The van der Waals surface area contributed by atoms with E-state index in [1.165, 1.54) is 158 Å². The Labute approximate surface area is 493 Å². The summed E-state index contributed by atoms with van der Waals surface area (Å²) in [5.41, 5.74) is 10.2. The molecule has 9 N–H and O–H groups in total. The second-order valence-electron chi connectivity index (χ2n) is 31.9. The van der Waals surface area contributed by atoms with Crippen molar-refractivity contribution < 1.29 is 64.3 Å². The molecule has 15 nitrogen and oxygen atoms in total. The van der Waals surface area contributed by atoms with Crippen molar-refractivity contribution in [2.75, 3.05) is 19.8 Å². The largest absolute Gasteiger partial charge is 0.507 e. The highest BCUT2D eigenvalue weighted by atomic mass is 16.7. The van der Waals surface area contributed by atoms with Gasteiger partial charge in [0.05, 0.1) is 35.3 Å². The molecule has 2 aromatic rings. The Hall–Kier alpha value is -3.64. The van der Waals surface area contributed by atoms with Crippen molar-refractivity contribution in [3.63, 3.8) is 0 Å². The zero-order valence-electron chi connectivity index (χ0n) is 49.5. The zero-order chi connectivity index (χ0) is 57.6. The fourth-order valence-electron chi connectivity index (χ4n) is 26.6. The maximum Gasteiger partial charge on any atom is 0.335 e. The van der Waals surface area contributed by atoms with Gasteiger partial charge in [-0.25, -0.2) is 4.79 Å². The number of carbonyl (C=O) groups is 2. The molecule has 5 heterocycles. The van der Waals surface area contributed by atoms with Gasteiger partial charge in [0.25, 0.3) is 0 Å². The number of hydrogen-bond acceptors (Lipinski definition) is 14. The van der Waals surface area contributed by atoms with E-state index in [9.17, 15) is 45.3 Å². The van der Waals surface area contributed by atoms with E-state index in [-0.39, 0.29) is 86.3 Å². The number of carboxylic acid groups (broad SMARTS) is 1. The lowest BCUT2D eigenvalue weighted by atomic mass is 9.38. The molecule has 9 saturated carbocycles. The number of ketones is 1. The third-order valence-electron chi connectivity index (χ3n) is 28.8. The summed E-state index contributed by atoms with van der Waals surface area (Å²) in [5.74, 6) is -3.17. The number of hydrazine groups is 1. The Kier molecular flexibility index (Phi) is 11.6. The summed E-state index contributed by atoms with van der Waals surface area (Å²) < 4.78 is 28.7. The van der Waals surface area contributed by atoms with Crippen LogP contribution < -0.4 is 15.6 Å². The summed E-state index contributed by atoms with van der Waals surface area (Å²) in [6.45, 7) is 3.91. The summed E-state index contributed by atoms with van der Waals surface area (Å²) >= 11 is 0. The molecule has 15 heteroatoms. The van der Waals surface area contributed by atoms with Crippen LogP contribution in [0.2, 0.25) is 0 Å². The molecule has 4 saturated heterocycles. The van der Waals surface area contributed by atoms with Crippen molar-refractivity contribution in [3.05, 3.63) is 51.6 Å². The number of allylic oxidation sites excluding steroid dienone is 1. The number of nitrogens with one attached hydrogen (secondary N) is 2. The molecule has 17 rings (SSSR count).